The van der Waals surface area contributed by atoms with Gasteiger partial charge in [0.1, 0.15) is 5.82 Å². The summed E-state index contributed by atoms with van der Waals surface area (Å²) in [6, 6.07) is 7.01. The smallest absolute Gasteiger partial charge is 0.123 e. The average molecular weight is 193 g/mol. The van der Waals surface area contributed by atoms with Crippen molar-refractivity contribution in [2.75, 3.05) is 13.6 Å². The van der Waals surface area contributed by atoms with Gasteiger partial charge in [-0.2, -0.15) is 0 Å². The van der Waals surface area contributed by atoms with E-state index in [9.17, 15) is 4.39 Å². The normalized spacial score (nSPS) is 18.1. The largest absolute Gasteiger partial charge is 0.319 e. The maximum absolute atomic E-state index is 13.0. The third-order valence-corrected chi connectivity index (χ3v) is 2.89. The zero-order valence-corrected chi connectivity index (χ0v) is 8.46. The molecule has 76 valence electrons. The molecule has 0 spiro atoms. The predicted molar refractivity (Wildman–Crippen MR) is 55.8 cm³/mol. The third kappa shape index (κ3) is 2.13. The second kappa shape index (κ2) is 4.09. The molecule has 1 nitrogen and oxygen atoms in total. The van der Waals surface area contributed by atoms with Crippen molar-refractivity contribution in [2.24, 2.45) is 5.92 Å². The van der Waals surface area contributed by atoms with Crippen molar-refractivity contribution in [2.45, 2.75) is 18.8 Å². The molecule has 1 atom stereocenters. The molecule has 1 aliphatic carbocycles. The van der Waals surface area contributed by atoms with Crippen LogP contribution in [0, 0.1) is 11.7 Å². The molecule has 0 bridgehead atoms. The topological polar surface area (TPSA) is 12.0 Å². The van der Waals surface area contributed by atoms with E-state index in [0.29, 0.717) is 5.92 Å². The number of benzene rings is 1. The second-order valence-electron chi connectivity index (χ2n) is 4.06. The van der Waals surface area contributed by atoms with Crippen LogP contribution in [0.2, 0.25) is 0 Å². The zero-order valence-electron chi connectivity index (χ0n) is 8.46. The number of halogens is 1. The molecule has 0 aliphatic heterocycles. The van der Waals surface area contributed by atoms with E-state index >= 15 is 0 Å². The molecule has 0 amide bonds. The van der Waals surface area contributed by atoms with Crippen molar-refractivity contribution >= 4 is 0 Å². The van der Waals surface area contributed by atoms with E-state index in [0.717, 1.165) is 18.0 Å². The first-order chi connectivity index (χ1) is 6.81. The molecule has 2 heteroatoms. The Bertz CT molecular complexity index is 307. The van der Waals surface area contributed by atoms with Crippen LogP contribution >= 0.6 is 0 Å². The summed E-state index contributed by atoms with van der Waals surface area (Å²) in [6.45, 7) is 0.952. The van der Waals surface area contributed by atoms with Crippen molar-refractivity contribution in [3.05, 3.63) is 35.6 Å². The van der Waals surface area contributed by atoms with Gasteiger partial charge in [-0.1, -0.05) is 12.1 Å². The average Bonchev–Trinajstić information content (AvgIpc) is 2.97. The van der Waals surface area contributed by atoms with Gasteiger partial charge in [-0.25, -0.2) is 4.39 Å². The highest BCUT2D eigenvalue weighted by Crippen LogP contribution is 2.42. The molecule has 1 aromatic rings. The minimum Gasteiger partial charge on any atom is -0.319 e. The number of hydrogen-bond donors (Lipinski definition) is 1. The molecule has 1 aliphatic rings. The molecule has 1 saturated carbocycles. The minimum absolute atomic E-state index is 0.121. The molecule has 1 aromatic carbocycles. The van der Waals surface area contributed by atoms with Crippen LogP contribution in [0.4, 0.5) is 4.39 Å². The van der Waals surface area contributed by atoms with Crippen LogP contribution in [0.1, 0.15) is 24.3 Å². The van der Waals surface area contributed by atoms with Crippen LogP contribution < -0.4 is 5.32 Å². The summed E-state index contributed by atoms with van der Waals surface area (Å²) in [5.74, 6) is 1.14. The highest BCUT2D eigenvalue weighted by molar-refractivity contribution is 5.23. The van der Waals surface area contributed by atoms with Crippen molar-refractivity contribution in [3.63, 3.8) is 0 Å². The summed E-state index contributed by atoms with van der Waals surface area (Å²) < 4.78 is 13.0. The fraction of sp³-hybridized carbons (Fsp3) is 0.500. The van der Waals surface area contributed by atoms with Gasteiger partial charge in [0.05, 0.1) is 0 Å². The summed E-state index contributed by atoms with van der Waals surface area (Å²) in [5, 5.41) is 3.18. The Balaban J connectivity index is 2.16. The molecule has 0 radical (unpaired) electrons. The van der Waals surface area contributed by atoms with Gasteiger partial charge in [0.15, 0.2) is 0 Å². The first kappa shape index (κ1) is 9.66. The summed E-state index contributed by atoms with van der Waals surface area (Å²) in [5.41, 5.74) is 1.14. The van der Waals surface area contributed by atoms with Crippen molar-refractivity contribution < 1.29 is 4.39 Å². The van der Waals surface area contributed by atoms with E-state index in [2.05, 4.69) is 5.32 Å². The van der Waals surface area contributed by atoms with E-state index in [1.807, 2.05) is 13.1 Å². The lowest BCUT2D eigenvalue weighted by Crippen LogP contribution is -2.18. The van der Waals surface area contributed by atoms with Crippen LogP contribution in [-0.2, 0) is 0 Å². The highest BCUT2D eigenvalue weighted by Gasteiger charge is 2.31. The maximum atomic E-state index is 13.0. The molecular formula is C12H16FN. The number of nitrogens with one attached hydrogen (secondary N) is 1. The zero-order chi connectivity index (χ0) is 9.97. The van der Waals surface area contributed by atoms with Crippen LogP contribution in [0.15, 0.2) is 24.3 Å². The predicted octanol–water partition coefficient (Wildman–Crippen LogP) is 2.54. The Morgan fingerprint density at radius 1 is 1.50 bits per heavy atom. The fourth-order valence-electron chi connectivity index (χ4n) is 2.01. The van der Waals surface area contributed by atoms with Gasteiger partial charge < -0.3 is 5.32 Å². The lowest BCUT2D eigenvalue weighted by atomic mass is 9.94. The van der Waals surface area contributed by atoms with Gasteiger partial charge in [-0.15, -0.1) is 0 Å². The lowest BCUT2D eigenvalue weighted by molar-refractivity contribution is 0.558. The first-order valence-electron chi connectivity index (χ1n) is 5.21. The van der Waals surface area contributed by atoms with E-state index in [4.69, 9.17) is 0 Å². The van der Waals surface area contributed by atoms with E-state index in [-0.39, 0.29) is 5.82 Å². The van der Waals surface area contributed by atoms with Gasteiger partial charge in [0.25, 0.3) is 0 Å². The van der Waals surface area contributed by atoms with Gasteiger partial charge in [0.2, 0.25) is 0 Å². The van der Waals surface area contributed by atoms with Crippen LogP contribution in [-0.4, -0.2) is 13.6 Å². The lowest BCUT2D eigenvalue weighted by Gasteiger charge is -2.16. The maximum Gasteiger partial charge on any atom is 0.123 e. The summed E-state index contributed by atoms with van der Waals surface area (Å²) >= 11 is 0. The Kier molecular flexibility index (Phi) is 2.82. The van der Waals surface area contributed by atoms with Gasteiger partial charge in [-0.05, 0) is 49.4 Å². The standard InChI is InChI=1S/C12H16FN/c1-14-8-12(9-5-6-9)10-3-2-4-11(13)7-10/h2-4,7,9,12,14H,5-6,8H2,1H3. The van der Waals surface area contributed by atoms with Crippen molar-refractivity contribution in [1.29, 1.82) is 0 Å². The first-order valence-corrected chi connectivity index (χ1v) is 5.21. The van der Waals surface area contributed by atoms with Crippen LogP contribution in [0.25, 0.3) is 0 Å². The van der Waals surface area contributed by atoms with Crippen LogP contribution in [0.5, 0.6) is 0 Å². The molecule has 2 rings (SSSR count). The highest BCUT2D eigenvalue weighted by atomic mass is 19.1. The van der Waals surface area contributed by atoms with Gasteiger partial charge in [0, 0.05) is 6.54 Å². The second-order valence-corrected chi connectivity index (χ2v) is 4.06. The molecule has 0 saturated heterocycles. The Hall–Kier alpha value is -0.890. The molecule has 0 aromatic heterocycles. The summed E-state index contributed by atoms with van der Waals surface area (Å²) in [4.78, 5) is 0. The Labute approximate surface area is 84.3 Å². The monoisotopic (exact) mass is 193 g/mol. The summed E-state index contributed by atoms with van der Waals surface area (Å²) in [7, 11) is 1.95. The summed E-state index contributed by atoms with van der Waals surface area (Å²) in [6.07, 6.45) is 2.59. The molecule has 1 unspecified atom stereocenters. The van der Waals surface area contributed by atoms with Gasteiger partial charge >= 0.3 is 0 Å². The van der Waals surface area contributed by atoms with Crippen molar-refractivity contribution in [1.82, 2.24) is 5.32 Å². The minimum atomic E-state index is -0.121. The number of rotatable bonds is 4. The SMILES string of the molecule is CNCC(c1cccc(F)c1)C1CC1. The third-order valence-electron chi connectivity index (χ3n) is 2.89. The fourth-order valence-corrected chi connectivity index (χ4v) is 2.01. The molecule has 14 heavy (non-hydrogen) atoms. The van der Waals surface area contributed by atoms with Gasteiger partial charge in [-0.3, -0.25) is 0 Å². The molecule has 1 N–H and O–H groups in total. The number of likely N-dealkylation sites (N-methyl/N-ethyl adjacent to an activating group) is 1. The molecule has 0 heterocycles. The number of hydrogen-bond acceptors (Lipinski definition) is 1. The quantitative estimate of drug-likeness (QED) is 0.774. The van der Waals surface area contributed by atoms with Crippen molar-refractivity contribution in [3.8, 4) is 0 Å². The van der Waals surface area contributed by atoms with Crippen LogP contribution in [0.3, 0.4) is 0 Å². The Morgan fingerprint density at radius 3 is 2.86 bits per heavy atom. The van der Waals surface area contributed by atoms with E-state index in [1.165, 1.54) is 18.9 Å². The van der Waals surface area contributed by atoms with E-state index < -0.39 is 0 Å². The van der Waals surface area contributed by atoms with E-state index in [1.54, 1.807) is 12.1 Å². The Morgan fingerprint density at radius 2 is 2.29 bits per heavy atom. The molecular weight excluding hydrogens is 177 g/mol. The molecule has 1 fully saturated rings.